The number of hydrogen-bond donors (Lipinski definition) is 1. The van der Waals surface area contributed by atoms with Crippen LogP contribution in [0.15, 0.2) is 30.3 Å². The topological polar surface area (TPSA) is 35.8 Å². The Bertz CT molecular complexity index is 589. The maximum Gasteiger partial charge on any atom is 0.124 e. The first kappa shape index (κ1) is 12.9. The van der Waals surface area contributed by atoms with Crippen molar-refractivity contribution < 1.29 is 4.39 Å². The van der Waals surface area contributed by atoms with Crippen LogP contribution in [-0.4, -0.2) is 6.54 Å². The summed E-state index contributed by atoms with van der Waals surface area (Å²) in [5.74, 6) is -0.401. The van der Waals surface area contributed by atoms with Gasteiger partial charge in [-0.15, -0.1) is 11.3 Å². The first-order chi connectivity index (χ1) is 8.69. The number of benzene rings is 1. The highest BCUT2D eigenvalue weighted by molar-refractivity contribution is 7.16. The Labute approximate surface area is 114 Å². The summed E-state index contributed by atoms with van der Waals surface area (Å²) in [5, 5.41) is 12.0. The van der Waals surface area contributed by atoms with Crippen molar-refractivity contribution >= 4 is 28.6 Å². The van der Waals surface area contributed by atoms with Gasteiger partial charge in [-0.3, -0.25) is 0 Å². The molecule has 2 nitrogen and oxygen atoms in total. The molecule has 0 spiro atoms. The Morgan fingerprint density at radius 3 is 2.83 bits per heavy atom. The van der Waals surface area contributed by atoms with Gasteiger partial charge in [-0.25, -0.2) is 4.39 Å². The highest BCUT2D eigenvalue weighted by Gasteiger charge is 2.03. The van der Waals surface area contributed by atoms with Gasteiger partial charge >= 0.3 is 0 Å². The summed E-state index contributed by atoms with van der Waals surface area (Å²) in [6.45, 7) is 0.678. The van der Waals surface area contributed by atoms with Gasteiger partial charge in [0.2, 0.25) is 0 Å². The third-order valence-corrected chi connectivity index (χ3v) is 3.71. The number of rotatable bonds is 4. The monoisotopic (exact) mass is 280 g/mol. The van der Waals surface area contributed by atoms with Crippen molar-refractivity contribution in [1.29, 1.82) is 5.26 Å². The van der Waals surface area contributed by atoms with Gasteiger partial charge in [0.1, 0.15) is 11.9 Å². The molecule has 2 aromatic rings. The largest absolute Gasteiger partial charge is 0.384 e. The van der Waals surface area contributed by atoms with E-state index in [4.69, 9.17) is 16.9 Å². The Morgan fingerprint density at radius 2 is 2.17 bits per heavy atom. The predicted molar refractivity (Wildman–Crippen MR) is 72.6 cm³/mol. The first-order valence-corrected chi connectivity index (χ1v) is 6.56. The van der Waals surface area contributed by atoms with Crippen LogP contribution in [0.3, 0.4) is 0 Å². The molecule has 0 fully saturated rings. The standard InChI is InChI=1S/C13H10ClFN2S/c14-13-4-2-11(18-13)5-6-17-12-3-1-10(15)7-9(12)8-16/h1-4,7,17H,5-6H2. The normalized spacial score (nSPS) is 10.1. The number of nitriles is 1. The molecule has 18 heavy (non-hydrogen) atoms. The second-order valence-electron chi connectivity index (χ2n) is 3.68. The minimum Gasteiger partial charge on any atom is -0.384 e. The zero-order valence-electron chi connectivity index (χ0n) is 9.41. The van der Waals surface area contributed by atoms with E-state index in [0.717, 1.165) is 10.8 Å². The fourth-order valence-electron chi connectivity index (χ4n) is 1.57. The van der Waals surface area contributed by atoms with E-state index in [-0.39, 0.29) is 0 Å². The van der Waals surface area contributed by atoms with E-state index in [1.165, 1.54) is 28.3 Å². The molecule has 92 valence electrons. The lowest BCUT2D eigenvalue weighted by Gasteiger charge is -2.07. The van der Waals surface area contributed by atoms with Crippen molar-refractivity contribution in [1.82, 2.24) is 0 Å². The van der Waals surface area contributed by atoms with Crippen molar-refractivity contribution in [2.45, 2.75) is 6.42 Å². The van der Waals surface area contributed by atoms with Crippen LogP contribution >= 0.6 is 22.9 Å². The van der Waals surface area contributed by atoms with E-state index in [2.05, 4.69) is 5.32 Å². The summed E-state index contributed by atoms with van der Waals surface area (Å²) in [7, 11) is 0. The molecular formula is C13H10ClFN2S. The third kappa shape index (κ3) is 3.22. The van der Waals surface area contributed by atoms with E-state index >= 15 is 0 Å². The van der Waals surface area contributed by atoms with Gasteiger partial charge in [-0.05, 0) is 36.8 Å². The van der Waals surface area contributed by atoms with Crippen LogP contribution in [0.25, 0.3) is 0 Å². The molecule has 1 aromatic carbocycles. The van der Waals surface area contributed by atoms with Crippen LogP contribution in [0.1, 0.15) is 10.4 Å². The molecule has 0 saturated carbocycles. The van der Waals surface area contributed by atoms with Gasteiger partial charge in [-0.2, -0.15) is 5.26 Å². The lowest BCUT2D eigenvalue weighted by atomic mass is 10.2. The van der Waals surface area contributed by atoms with E-state index in [0.29, 0.717) is 17.8 Å². The van der Waals surface area contributed by atoms with Crippen molar-refractivity contribution in [3.63, 3.8) is 0 Å². The van der Waals surface area contributed by atoms with Gasteiger partial charge in [-0.1, -0.05) is 11.6 Å². The highest BCUT2D eigenvalue weighted by atomic mass is 35.5. The molecule has 0 aliphatic heterocycles. The number of thiophene rings is 1. The predicted octanol–water partition coefficient (Wildman–Crippen LogP) is 4.07. The number of nitrogens with zero attached hydrogens (tertiary/aromatic N) is 1. The van der Waals surface area contributed by atoms with Crippen LogP contribution in [0, 0.1) is 17.1 Å². The summed E-state index contributed by atoms with van der Waals surface area (Å²) in [6.07, 6.45) is 0.819. The third-order valence-electron chi connectivity index (χ3n) is 2.42. The van der Waals surface area contributed by atoms with Gasteiger partial charge < -0.3 is 5.32 Å². The van der Waals surface area contributed by atoms with Gasteiger partial charge in [0.05, 0.1) is 15.6 Å². The van der Waals surface area contributed by atoms with Crippen molar-refractivity contribution in [2.24, 2.45) is 0 Å². The van der Waals surface area contributed by atoms with E-state index < -0.39 is 5.82 Å². The highest BCUT2D eigenvalue weighted by Crippen LogP contribution is 2.22. The number of anilines is 1. The first-order valence-electron chi connectivity index (χ1n) is 5.37. The fraction of sp³-hybridized carbons (Fsp3) is 0.154. The van der Waals surface area contributed by atoms with E-state index in [9.17, 15) is 4.39 Å². The zero-order valence-corrected chi connectivity index (χ0v) is 11.0. The van der Waals surface area contributed by atoms with Gasteiger partial charge in [0.25, 0.3) is 0 Å². The van der Waals surface area contributed by atoms with E-state index in [1.807, 2.05) is 18.2 Å². The molecule has 5 heteroatoms. The van der Waals surface area contributed by atoms with Crippen molar-refractivity contribution in [3.05, 3.63) is 50.9 Å². The molecule has 0 unspecified atom stereocenters. The minimum absolute atomic E-state index is 0.319. The molecule has 0 atom stereocenters. The van der Waals surface area contributed by atoms with Crippen molar-refractivity contribution in [3.8, 4) is 6.07 Å². The molecule has 0 aliphatic carbocycles. The zero-order chi connectivity index (χ0) is 13.0. The maximum absolute atomic E-state index is 12.9. The number of halogens is 2. The molecule has 0 amide bonds. The molecule has 1 N–H and O–H groups in total. The molecule has 1 heterocycles. The lowest BCUT2D eigenvalue weighted by Crippen LogP contribution is -2.05. The van der Waals surface area contributed by atoms with Gasteiger partial charge in [0.15, 0.2) is 0 Å². The Morgan fingerprint density at radius 1 is 1.33 bits per heavy atom. The second kappa shape index (κ2) is 5.85. The van der Waals surface area contributed by atoms with Crippen LogP contribution in [0.5, 0.6) is 0 Å². The summed E-state index contributed by atoms with van der Waals surface area (Å²) in [4.78, 5) is 1.17. The average Bonchev–Trinajstić information content (AvgIpc) is 2.77. The number of hydrogen-bond acceptors (Lipinski definition) is 3. The molecule has 2 rings (SSSR count). The molecule has 1 aromatic heterocycles. The van der Waals surface area contributed by atoms with Crippen LogP contribution in [0.4, 0.5) is 10.1 Å². The summed E-state index contributed by atoms with van der Waals surface area (Å²) in [6, 6.07) is 9.95. The van der Waals surface area contributed by atoms with Crippen LogP contribution in [0.2, 0.25) is 4.34 Å². The summed E-state index contributed by atoms with van der Waals surface area (Å²) >= 11 is 7.37. The summed E-state index contributed by atoms with van der Waals surface area (Å²) < 4.78 is 13.7. The quantitative estimate of drug-likeness (QED) is 0.916. The van der Waals surface area contributed by atoms with Gasteiger partial charge in [0, 0.05) is 11.4 Å². The van der Waals surface area contributed by atoms with Crippen molar-refractivity contribution in [2.75, 3.05) is 11.9 Å². The second-order valence-corrected chi connectivity index (χ2v) is 5.48. The SMILES string of the molecule is N#Cc1cc(F)ccc1NCCc1ccc(Cl)s1. The summed E-state index contributed by atoms with van der Waals surface area (Å²) in [5.41, 5.74) is 0.973. The molecular weight excluding hydrogens is 271 g/mol. The Kier molecular flexibility index (Phi) is 4.19. The van der Waals surface area contributed by atoms with Crippen LogP contribution in [-0.2, 0) is 6.42 Å². The molecule has 0 saturated heterocycles. The number of nitrogens with one attached hydrogen (secondary N) is 1. The smallest absolute Gasteiger partial charge is 0.124 e. The Hall–Kier alpha value is -1.57. The average molecular weight is 281 g/mol. The lowest BCUT2D eigenvalue weighted by molar-refractivity contribution is 0.627. The maximum atomic E-state index is 12.9. The Balaban J connectivity index is 1.96. The molecule has 0 aliphatic rings. The molecule has 0 bridgehead atoms. The molecule has 0 radical (unpaired) electrons. The fourth-order valence-corrected chi connectivity index (χ4v) is 2.66. The minimum atomic E-state index is -0.401. The van der Waals surface area contributed by atoms with Crippen LogP contribution < -0.4 is 5.32 Å². The van der Waals surface area contributed by atoms with E-state index in [1.54, 1.807) is 6.07 Å².